The number of hydrogen-bond donors (Lipinski definition) is 1. The molecule has 0 aromatic carbocycles. The summed E-state index contributed by atoms with van der Waals surface area (Å²) < 4.78 is 5.07. The summed E-state index contributed by atoms with van der Waals surface area (Å²) in [5.74, 6) is 0.252. The summed E-state index contributed by atoms with van der Waals surface area (Å²) >= 11 is 0. The van der Waals surface area contributed by atoms with Crippen LogP contribution in [-0.4, -0.2) is 24.1 Å². The van der Waals surface area contributed by atoms with E-state index in [0.29, 0.717) is 13.2 Å². The van der Waals surface area contributed by atoms with Crippen LogP contribution in [0.25, 0.3) is 0 Å². The Morgan fingerprint density at radius 1 is 1.90 bits per heavy atom. The van der Waals surface area contributed by atoms with Crippen LogP contribution in [0.1, 0.15) is 6.42 Å². The van der Waals surface area contributed by atoms with Gasteiger partial charge in [-0.15, -0.1) is 6.58 Å². The SMILES string of the molecule is C=CCC1COCC1=NO. The highest BCUT2D eigenvalue weighted by Crippen LogP contribution is 2.13. The molecule has 1 heterocycles. The first-order valence-electron chi connectivity index (χ1n) is 3.28. The maximum absolute atomic E-state index is 8.44. The highest BCUT2D eigenvalue weighted by molar-refractivity contribution is 5.89. The molecule has 1 rings (SSSR count). The lowest BCUT2D eigenvalue weighted by atomic mass is 10.0. The number of allylic oxidation sites excluding steroid dienone is 1. The molecule has 0 aromatic rings. The normalized spacial score (nSPS) is 29.2. The number of ether oxygens (including phenoxy) is 1. The van der Waals surface area contributed by atoms with Gasteiger partial charge >= 0.3 is 0 Å². The van der Waals surface area contributed by atoms with Crippen LogP contribution >= 0.6 is 0 Å². The molecule has 0 saturated carbocycles. The molecular formula is C7H11NO2. The molecule has 0 bridgehead atoms. The molecule has 1 saturated heterocycles. The highest BCUT2D eigenvalue weighted by atomic mass is 16.5. The van der Waals surface area contributed by atoms with Crippen molar-refractivity contribution in [3.05, 3.63) is 12.7 Å². The second-order valence-electron chi connectivity index (χ2n) is 2.33. The van der Waals surface area contributed by atoms with Gasteiger partial charge in [0.25, 0.3) is 0 Å². The van der Waals surface area contributed by atoms with Crippen molar-refractivity contribution in [2.24, 2.45) is 11.1 Å². The minimum atomic E-state index is 0.252. The Morgan fingerprint density at radius 3 is 3.30 bits per heavy atom. The third-order valence-electron chi connectivity index (χ3n) is 1.62. The predicted molar refractivity (Wildman–Crippen MR) is 38.3 cm³/mol. The van der Waals surface area contributed by atoms with Crippen LogP contribution in [0.3, 0.4) is 0 Å². The van der Waals surface area contributed by atoms with E-state index in [1.165, 1.54) is 0 Å². The van der Waals surface area contributed by atoms with Crippen LogP contribution in [-0.2, 0) is 4.74 Å². The fourth-order valence-electron chi connectivity index (χ4n) is 1.04. The van der Waals surface area contributed by atoms with E-state index in [2.05, 4.69) is 11.7 Å². The molecular weight excluding hydrogens is 130 g/mol. The van der Waals surface area contributed by atoms with E-state index in [1.54, 1.807) is 0 Å². The van der Waals surface area contributed by atoms with Gasteiger partial charge in [-0.05, 0) is 6.42 Å². The van der Waals surface area contributed by atoms with Crippen molar-refractivity contribution in [3.63, 3.8) is 0 Å². The van der Waals surface area contributed by atoms with Crippen LogP contribution in [0.5, 0.6) is 0 Å². The van der Waals surface area contributed by atoms with Crippen molar-refractivity contribution in [2.45, 2.75) is 6.42 Å². The van der Waals surface area contributed by atoms with E-state index in [9.17, 15) is 0 Å². The molecule has 0 spiro atoms. The Kier molecular flexibility index (Phi) is 2.45. The first kappa shape index (κ1) is 7.28. The van der Waals surface area contributed by atoms with Gasteiger partial charge in [-0.1, -0.05) is 11.2 Å². The fourth-order valence-corrected chi connectivity index (χ4v) is 1.04. The Hall–Kier alpha value is -0.830. The molecule has 1 aliphatic rings. The van der Waals surface area contributed by atoms with Crippen LogP contribution in [0.2, 0.25) is 0 Å². The quantitative estimate of drug-likeness (QED) is 0.354. The summed E-state index contributed by atoms with van der Waals surface area (Å²) in [6.45, 7) is 4.73. The lowest BCUT2D eigenvalue weighted by Gasteiger charge is -2.01. The number of rotatable bonds is 2. The number of oxime groups is 1. The number of nitrogens with zero attached hydrogens (tertiary/aromatic N) is 1. The molecule has 3 nitrogen and oxygen atoms in total. The van der Waals surface area contributed by atoms with Crippen molar-refractivity contribution in [1.29, 1.82) is 0 Å². The van der Waals surface area contributed by atoms with E-state index in [0.717, 1.165) is 12.1 Å². The molecule has 0 aliphatic carbocycles. The van der Waals surface area contributed by atoms with Gasteiger partial charge in [-0.3, -0.25) is 0 Å². The Balaban J connectivity index is 2.50. The first-order valence-corrected chi connectivity index (χ1v) is 3.28. The van der Waals surface area contributed by atoms with E-state index in [4.69, 9.17) is 9.94 Å². The summed E-state index contributed by atoms with van der Waals surface area (Å²) in [6.07, 6.45) is 2.64. The predicted octanol–water partition coefficient (Wildman–Crippen LogP) is 1.04. The van der Waals surface area contributed by atoms with Gasteiger partial charge in [0.05, 0.1) is 18.9 Å². The zero-order chi connectivity index (χ0) is 7.40. The highest BCUT2D eigenvalue weighted by Gasteiger charge is 2.22. The Labute approximate surface area is 60.0 Å². The lowest BCUT2D eigenvalue weighted by molar-refractivity contribution is 0.190. The van der Waals surface area contributed by atoms with Crippen molar-refractivity contribution >= 4 is 5.71 Å². The molecule has 0 amide bonds. The fraction of sp³-hybridized carbons (Fsp3) is 0.571. The molecule has 1 fully saturated rings. The molecule has 0 aromatic heterocycles. The molecule has 10 heavy (non-hydrogen) atoms. The van der Waals surface area contributed by atoms with Gasteiger partial charge in [-0.25, -0.2) is 0 Å². The van der Waals surface area contributed by atoms with Gasteiger partial charge in [0.2, 0.25) is 0 Å². The topological polar surface area (TPSA) is 41.8 Å². The third-order valence-corrected chi connectivity index (χ3v) is 1.62. The minimum Gasteiger partial charge on any atom is -0.411 e. The third kappa shape index (κ3) is 1.36. The molecule has 3 heteroatoms. The van der Waals surface area contributed by atoms with Crippen LogP contribution in [0, 0.1) is 5.92 Å². The van der Waals surface area contributed by atoms with Crippen molar-refractivity contribution in [2.75, 3.05) is 13.2 Å². The van der Waals surface area contributed by atoms with Gasteiger partial charge in [0, 0.05) is 5.92 Å². The van der Waals surface area contributed by atoms with E-state index in [-0.39, 0.29) is 5.92 Å². The molecule has 1 aliphatic heterocycles. The smallest absolute Gasteiger partial charge is 0.0886 e. The average molecular weight is 141 g/mol. The second-order valence-corrected chi connectivity index (χ2v) is 2.33. The van der Waals surface area contributed by atoms with E-state index < -0.39 is 0 Å². The minimum absolute atomic E-state index is 0.252. The van der Waals surface area contributed by atoms with Crippen molar-refractivity contribution in [3.8, 4) is 0 Å². The standard InChI is InChI=1S/C7H11NO2/c1-2-3-6-4-10-5-7(6)8-9/h2,6,9H,1,3-5H2. The van der Waals surface area contributed by atoms with Crippen molar-refractivity contribution < 1.29 is 9.94 Å². The molecule has 1 atom stereocenters. The molecule has 1 unspecified atom stereocenters. The Bertz CT molecular complexity index is 154. The monoisotopic (exact) mass is 141 g/mol. The van der Waals surface area contributed by atoms with Gasteiger partial charge in [-0.2, -0.15) is 0 Å². The van der Waals surface area contributed by atoms with Gasteiger partial charge < -0.3 is 9.94 Å². The largest absolute Gasteiger partial charge is 0.411 e. The summed E-state index contributed by atoms with van der Waals surface area (Å²) in [5, 5.41) is 11.6. The van der Waals surface area contributed by atoms with Crippen LogP contribution in [0.15, 0.2) is 17.8 Å². The molecule has 56 valence electrons. The first-order chi connectivity index (χ1) is 4.88. The summed E-state index contributed by atoms with van der Waals surface area (Å²) in [4.78, 5) is 0. The van der Waals surface area contributed by atoms with Gasteiger partial charge in [0.15, 0.2) is 0 Å². The van der Waals surface area contributed by atoms with E-state index in [1.807, 2.05) is 6.08 Å². The maximum Gasteiger partial charge on any atom is 0.0886 e. The summed E-state index contributed by atoms with van der Waals surface area (Å²) in [6, 6.07) is 0. The second kappa shape index (κ2) is 3.37. The Morgan fingerprint density at radius 2 is 2.70 bits per heavy atom. The zero-order valence-electron chi connectivity index (χ0n) is 5.79. The molecule has 1 N–H and O–H groups in total. The maximum atomic E-state index is 8.44. The summed E-state index contributed by atoms with van der Waals surface area (Å²) in [5.41, 5.74) is 0.736. The van der Waals surface area contributed by atoms with E-state index >= 15 is 0 Å². The molecule has 0 radical (unpaired) electrons. The van der Waals surface area contributed by atoms with Crippen LogP contribution < -0.4 is 0 Å². The lowest BCUT2D eigenvalue weighted by Crippen LogP contribution is -2.10. The van der Waals surface area contributed by atoms with Crippen molar-refractivity contribution in [1.82, 2.24) is 0 Å². The average Bonchev–Trinajstić information content (AvgIpc) is 2.36. The number of hydrogen-bond acceptors (Lipinski definition) is 3. The van der Waals surface area contributed by atoms with Crippen LogP contribution in [0.4, 0.5) is 0 Å². The zero-order valence-corrected chi connectivity index (χ0v) is 5.79. The van der Waals surface area contributed by atoms with Gasteiger partial charge in [0.1, 0.15) is 0 Å². The summed E-state index contributed by atoms with van der Waals surface area (Å²) in [7, 11) is 0.